The zero-order chi connectivity index (χ0) is 33.7. The van der Waals surface area contributed by atoms with Gasteiger partial charge in [0.25, 0.3) is 0 Å². The fourth-order valence-electron chi connectivity index (χ4n) is 5.78. The number of hydrogen-bond acceptors (Lipinski definition) is 5. The van der Waals surface area contributed by atoms with Crippen LogP contribution >= 0.6 is 0 Å². The molecule has 1 saturated carbocycles. The molecule has 5 rings (SSSR count). The number of hydrogen-bond donors (Lipinski definition) is 1. The number of benzene rings is 1. The molecule has 0 atom stereocenters. The van der Waals surface area contributed by atoms with Gasteiger partial charge in [-0.1, -0.05) is 89.8 Å². The maximum atomic E-state index is 12.2. The predicted octanol–water partition coefficient (Wildman–Crippen LogP) is 10.5. The van der Waals surface area contributed by atoms with E-state index in [0.29, 0.717) is 11.3 Å². The number of allylic oxidation sites excluding steroid dienone is 2. The SMILES string of the molecule is CCC(C)(CC)C(=O)/C=C(\O)C(C)(CC)CC.[2H]C([2H])([2H])c1ccc2c(n1)oc1c(-c3cc(CC4CCCC4)ccn3)[c-]ccc12.[Ir]. The number of carbonyl (C=O) groups excluding carboxylic acids is 1. The summed E-state index contributed by atoms with van der Waals surface area (Å²) in [6.07, 6.45) is 13.0. The molecule has 0 aliphatic heterocycles. The Labute approximate surface area is 281 Å². The van der Waals surface area contributed by atoms with Crippen molar-refractivity contribution in [2.75, 3.05) is 0 Å². The number of rotatable bonds is 10. The third-order valence-electron chi connectivity index (χ3n) is 9.98. The first-order chi connectivity index (χ1) is 21.8. The van der Waals surface area contributed by atoms with Crippen LogP contribution in [0.1, 0.15) is 108 Å². The molecule has 4 aromatic rings. The zero-order valence-electron chi connectivity index (χ0n) is 30.1. The number of furan rings is 1. The van der Waals surface area contributed by atoms with Crippen LogP contribution in [0.15, 0.2) is 58.8 Å². The van der Waals surface area contributed by atoms with Crippen LogP contribution in [0.25, 0.3) is 33.3 Å². The van der Waals surface area contributed by atoms with Crippen LogP contribution in [0.4, 0.5) is 0 Å². The minimum Gasteiger partial charge on any atom is -0.512 e. The van der Waals surface area contributed by atoms with E-state index in [1.165, 1.54) is 37.3 Å². The van der Waals surface area contributed by atoms with Crippen molar-refractivity contribution in [3.05, 3.63) is 71.8 Å². The number of aryl methyl sites for hydroxylation is 1. The molecular weight excluding hydrogens is 725 g/mol. The van der Waals surface area contributed by atoms with Gasteiger partial charge in [0.1, 0.15) is 5.76 Å². The van der Waals surface area contributed by atoms with Gasteiger partial charge >= 0.3 is 0 Å². The van der Waals surface area contributed by atoms with Gasteiger partial charge in [0.2, 0.25) is 5.71 Å². The number of carbonyl (C=O) groups is 1. The molecule has 3 heterocycles. The normalized spacial score (nSPS) is 15.7. The Morgan fingerprint density at radius 3 is 2.36 bits per heavy atom. The summed E-state index contributed by atoms with van der Waals surface area (Å²) in [5.41, 5.74) is 3.29. The second-order valence-electron chi connectivity index (χ2n) is 12.6. The van der Waals surface area contributed by atoms with Gasteiger partial charge in [0, 0.05) is 58.4 Å². The summed E-state index contributed by atoms with van der Waals surface area (Å²) in [5, 5.41) is 11.8. The molecule has 1 N–H and O–H groups in total. The van der Waals surface area contributed by atoms with Crippen LogP contribution in [0.2, 0.25) is 0 Å². The number of aliphatic hydroxyl groups excluding tert-OH is 1. The van der Waals surface area contributed by atoms with Crippen molar-refractivity contribution in [1.82, 2.24) is 9.97 Å². The van der Waals surface area contributed by atoms with Crippen molar-refractivity contribution in [2.45, 2.75) is 106 Å². The largest absolute Gasteiger partial charge is 0.512 e. The molecule has 1 aliphatic carbocycles. The van der Waals surface area contributed by atoms with Crippen molar-refractivity contribution in [3.63, 3.8) is 0 Å². The van der Waals surface area contributed by atoms with Gasteiger partial charge in [-0.25, -0.2) is 4.98 Å². The smallest absolute Gasteiger partial charge is 0.216 e. The number of nitrogens with zero attached hydrogens (tertiary/aromatic N) is 2. The van der Waals surface area contributed by atoms with Crippen LogP contribution in [-0.2, 0) is 31.3 Å². The van der Waals surface area contributed by atoms with E-state index in [1.807, 2.05) is 59.9 Å². The van der Waals surface area contributed by atoms with Crippen molar-refractivity contribution < 1.29 is 38.5 Å². The Hall–Kier alpha value is -2.82. The molecular formula is C38H49IrN2O3-. The number of ketones is 1. The van der Waals surface area contributed by atoms with E-state index in [4.69, 9.17) is 8.53 Å². The summed E-state index contributed by atoms with van der Waals surface area (Å²) in [7, 11) is 0. The molecule has 3 aromatic heterocycles. The Morgan fingerprint density at radius 1 is 1.05 bits per heavy atom. The number of fused-ring (bicyclic) bond motifs is 3. The number of aliphatic hydroxyl groups is 1. The molecule has 1 fully saturated rings. The molecule has 1 aliphatic rings. The Morgan fingerprint density at radius 2 is 1.73 bits per heavy atom. The van der Waals surface area contributed by atoms with Crippen molar-refractivity contribution in [3.8, 4) is 11.3 Å². The van der Waals surface area contributed by atoms with Crippen LogP contribution < -0.4 is 0 Å². The molecule has 0 spiro atoms. The topological polar surface area (TPSA) is 76.2 Å². The van der Waals surface area contributed by atoms with E-state index in [-0.39, 0.29) is 48.2 Å². The maximum Gasteiger partial charge on any atom is 0.216 e. The molecule has 5 nitrogen and oxygen atoms in total. The average molecular weight is 777 g/mol. The Bertz CT molecular complexity index is 1680. The number of aromatic nitrogens is 2. The quantitative estimate of drug-likeness (QED) is 0.0986. The Kier molecular flexibility index (Phi) is 10.9. The minimum atomic E-state index is -2.27. The molecule has 1 aromatic carbocycles. The van der Waals surface area contributed by atoms with Gasteiger partial charge in [-0.3, -0.25) is 4.79 Å². The minimum absolute atomic E-state index is 0. The number of pyridine rings is 2. The predicted molar refractivity (Wildman–Crippen MR) is 177 cm³/mol. The van der Waals surface area contributed by atoms with E-state index in [2.05, 4.69) is 28.2 Å². The molecule has 1 radical (unpaired) electrons. The average Bonchev–Trinajstić information content (AvgIpc) is 3.71. The molecule has 0 bridgehead atoms. The van der Waals surface area contributed by atoms with Crippen LogP contribution in [0.3, 0.4) is 0 Å². The molecule has 0 saturated heterocycles. The van der Waals surface area contributed by atoms with E-state index in [9.17, 15) is 9.90 Å². The van der Waals surface area contributed by atoms with Crippen LogP contribution in [-0.4, -0.2) is 20.9 Å². The second kappa shape index (κ2) is 15.5. The first-order valence-electron chi connectivity index (χ1n) is 17.4. The summed E-state index contributed by atoms with van der Waals surface area (Å²) in [6.45, 7) is 9.82. The first-order valence-corrected chi connectivity index (χ1v) is 15.9. The fraction of sp³-hybridized carbons (Fsp3) is 0.500. The second-order valence-corrected chi connectivity index (χ2v) is 12.6. The van der Waals surface area contributed by atoms with Gasteiger partial charge in [0.05, 0.1) is 5.58 Å². The summed E-state index contributed by atoms with van der Waals surface area (Å²) >= 11 is 0. The summed E-state index contributed by atoms with van der Waals surface area (Å²) in [5.74, 6) is 1.05. The zero-order valence-corrected chi connectivity index (χ0v) is 29.4. The van der Waals surface area contributed by atoms with E-state index in [0.717, 1.165) is 60.1 Å². The first kappa shape index (κ1) is 31.2. The third kappa shape index (κ3) is 7.87. The van der Waals surface area contributed by atoms with E-state index in [1.54, 1.807) is 12.1 Å². The maximum absolute atomic E-state index is 12.2. The molecule has 0 amide bonds. The van der Waals surface area contributed by atoms with Crippen molar-refractivity contribution >= 4 is 27.9 Å². The van der Waals surface area contributed by atoms with Gasteiger partial charge in [-0.2, -0.15) is 0 Å². The molecule has 0 unspecified atom stereocenters. The molecule has 6 heteroatoms. The van der Waals surface area contributed by atoms with Gasteiger partial charge in [0.15, 0.2) is 5.78 Å². The Balaban J connectivity index is 0.000000290. The van der Waals surface area contributed by atoms with E-state index >= 15 is 0 Å². The van der Waals surface area contributed by atoms with Gasteiger partial charge < -0.3 is 14.5 Å². The van der Waals surface area contributed by atoms with Crippen LogP contribution in [0.5, 0.6) is 0 Å². The van der Waals surface area contributed by atoms with E-state index < -0.39 is 6.85 Å². The van der Waals surface area contributed by atoms with Crippen molar-refractivity contribution in [2.24, 2.45) is 16.7 Å². The fourth-order valence-corrected chi connectivity index (χ4v) is 5.78. The molecule has 44 heavy (non-hydrogen) atoms. The van der Waals surface area contributed by atoms with Crippen molar-refractivity contribution in [1.29, 1.82) is 0 Å². The molecule has 239 valence electrons. The standard InChI is InChI=1S/C23H21N2O.C15H28O2.Ir/c1-15-9-10-19-18-7-4-8-20(22(18)26-23(19)25-15)21-14-17(11-12-24-21)13-16-5-2-3-6-16;1-7-14(5,8-2)12(16)11-13(17)15(6,9-3)10-4;/h4,7,9-12,14,16H,2-3,5-6,13H2,1H3;11,16H,7-10H2,1-6H3;/q-1;;/b;12-11-;/i1D3;;. The van der Waals surface area contributed by atoms with Crippen LogP contribution in [0, 0.1) is 29.7 Å². The summed E-state index contributed by atoms with van der Waals surface area (Å²) in [6, 6.07) is 14.6. The van der Waals surface area contributed by atoms with Gasteiger partial charge in [-0.05, 0) is 68.8 Å². The summed E-state index contributed by atoms with van der Waals surface area (Å²) < 4.78 is 28.8. The monoisotopic (exact) mass is 777 g/mol. The third-order valence-corrected chi connectivity index (χ3v) is 9.98. The van der Waals surface area contributed by atoms with Gasteiger partial charge in [-0.15, -0.1) is 18.2 Å². The summed E-state index contributed by atoms with van der Waals surface area (Å²) in [4.78, 5) is 21.0.